The van der Waals surface area contributed by atoms with E-state index in [0.29, 0.717) is 11.6 Å². The van der Waals surface area contributed by atoms with Crippen LogP contribution in [0.25, 0.3) is 0 Å². The highest BCUT2D eigenvalue weighted by atomic mass is 16.5. The number of pyridine rings is 1. The van der Waals surface area contributed by atoms with Gasteiger partial charge in [-0.2, -0.15) is 0 Å². The van der Waals surface area contributed by atoms with Gasteiger partial charge in [0, 0.05) is 19.6 Å². The van der Waals surface area contributed by atoms with Gasteiger partial charge < -0.3 is 19.7 Å². The van der Waals surface area contributed by atoms with Crippen molar-refractivity contribution in [3.05, 3.63) is 47.8 Å². The Morgan fingerprint density at radius 1 is 1.14 bits per heavy atom. The summed E-state index contributed by atoms with van der Waals surface area (Å²) in [6.07, 6.45) is 4.71. The topological polar surface area (TPSA) is 63.7 Å². The van der Waals surface area contributed by atoms with Crippen LogP contribution in [0.15, 0.2) is 36.5 Å². The highest BCUT2D eigenvalue weighted by Crippen LogP contribution is 2.27. The molecule has 28 heavy (non-hydrogen) atoms. The van der Waals surface area contributed by atoms with Crippen molar-refractivity contribution in [1.29, 1.82) is 0 Å². The minimum atomic E-state index is 0.0313. The van der Waals surface area contributed by atoms with E-state index < -0.39 is 0 Å². The number of methoxy groups -OCH3 is 2. The molecule has 1 fully saturated rings. The van der Waals surface area contributed by atoms with E-state index in [2.05, 4.69) is 17.2 Å². The maximum Gasteiger partial charge on any atom is 0.272 e. The normalized spacial score (nSPS) is 14.6. The second-order valence-corrected chi connectivity index (χ2v) is 7.27. The molecule has 6 nitrogen and oxygen atoms in total. The summed E-state index contributed by atoms with van der Waals surface area (Å²) in [7, 11) is 3.27. The lowest BCUT2D eigenvalue weighted by molar-refractivity contribution is 0.0691. The number of likely N-dealkylation sites (tertiary alicyclic amines) is 1. The summed E-state index contributed by atoms with van der Waals surface area (Å²) in [4.78, 5) is 18.8. The van der Waals surface area contributed by atoms with E-state index in [1.54, 1.807) is 26.5 Å². The van der Waals surface area contributed by atoms with Crippen LogP contribution < -0.4 is 14.8 Å². The number of rotatable bonds is 7. The zero-order valence-corrected chi connectivity index (χ0v) is 16.9. The maximum absolute atomic E-state index is 12.6. The van der Waals surface area contributed by atoms with E-state index in [1.807, 2.05) is 29.2 Å². The molecule has 3 rings (SSSR count). The largest absolute Gasteiger partial charge is 0.493 e. The number of piperidine rings is 1. The average Bonchev–Trinajstić information content (AvgIpc) is 2.74. The Balaban J connectivity index is 1.51. The standard InChI is InChI=1S/C22H29N3O3/c1-16-9-12-25(13-10-16)22(26)19-6-5-18(15-24-19)23-11-8-17-4-7-20(27-2)21(14-17)28-3/h4-7,14-16,23H,8-13H2,1-3H3. The van der Waals surface area contributed by atoms with Crippen molar-refractivity contribution >= 4 is 11.6 Å². The summed E-state index contributed by atoms with van der Waals surface area (Å²) in [6.45, 7) is 4.65. The van der Waals surface area contributed by atoms with Gasteiger partial charge in [-0.3, -0.25) is 4.79 Å². The van der Waals surface area contributed by atoms with Crippen LogP contribution in [0.4, 0.5) is 5.69 Å². The van der Waals surface area contributed by atoms with E-state index >= 15 is 0 Å². The molecular weight excluding hydrogens is 354 g/mol. The number of carbonyl (C=O) groups is 1. The summed E-state index contributed by atoms with van der Waals surface area (Å²) in [5.41, 5.74) is 2.58. The summed E-state index contributed by atoms with van der Waals surface area (Å²) in [5.74, 6) is 2.20. The maximum atomic E-state index is 12.6. The molecular formula is C22H29N3O3. The van der Waals surface area contributed by atoms with Crippen molar-refractivity contribution in [3.8, 4) is 11.5 Å². The number of nitrogens with zero attached hydrogens (tertiary/aromatic N) is 2. The first-order chi connectivity index (χ1) is 13.6. The molecule has 1 amide bonds. The summed E-state index contributed by atoms with van der Waals surface area (Å²) in [6, 6.07) is 9.65. The number of ether oxygens (including phenoxy) is 2. The second kappa shape index (κ2) is 9.44. The Bertz CT molecular complexity index is 784. The van der Waals surface area contributed by atoms with Gasteiger partial charge in [0.2, 0.25) is 0 Å². The first-order valence-corrected chi connectivity index (χ1v) is 9.81. The molecule has 1 aliphatic rings. The minimum absolute atomic E-state index is 0.0313. The smallest absolute Gasteiger partial charge is 0.272 e. The quantitative estimate of drug-likeness (QED) is 0.791. The van der Waals surface area contributed by atoms with Crippen molar-refractivity contribution in [2.45, 2.75) is 26.2 Å². The third-order valence-corrected chi connectivity index (χ3v) is 5.24. The lowest BCUT2D eigenvalue weighted by atomic mass is 9.99. The number of nitrogens with one attached hydrogen (secondary N) is 1. The molecule has 0 atom stereocenters. The monoisotopic (exact) mass is 383 g/mol. The number of anilines is 1. The Labute approximate surface area is 166 Å². The number of hydrogen-bond donors (Lipinski definition) is 1. The Kier molecular flexibility index (Phi) is 6.74. The summed E-state index contributed by atoms with van der Waals surface area (Å²) in [5, 5.41) is 3.35. The molecule has 0 saturated carbocycles. The van der Waals surface area contributed by atoms with Gasteiger partial charge >= 0.3 is 0 Å². The molecule has 0 spiro atoms. The first-order valence-electron chi connectivity index (χ1n) is 9.81. The van der Waals surface area contributed by atoms with E-state index in [-0.39, 0.29) is 5.91 Å². The number of amides is 1. The predicted octanol–water partition coefficient (Wildman–Crippen LogP) is 3.63. The Morgan fingerprint density at radius 2 is 1.89 bits per heavy atom. The van der Waals surface area contributed by atoms with Crippen LogP contribution in [0.1, 0.15) is 35.8 Å². The average molecular weight is 383 g/mol. The van der Waals surface area contributed by atoms with E-state index in [9.17, 15) is 4.79 Å². The van der Waals surface area contributed by atoms with Crippen LogP contribution in [0.3, 0.4) is 0 Å². The minimum Gasteiger partial charge on any atom is -0.493 e. The molecule has 0 unspecified atom stereocenters. The van der Waals surface area contributed by atoms with E-state index in [0.717, 1.165) is 61.6 Å². The van der Waals surface area contributed by atoms with Crippen molar-refractivity contribution < 1.29 is 14.3 Å². The lowest BCUT2D eigenvalue weighted by Crippen LogP contribution is -2.38. The van der Waals surface area contributed by atoms with Crippen LogP contribution >= 0.6 is 0 Å². The fourth-order valence-corrected chi connectivity index (χ4v) is 3.39. The third-order valence-electron chi connectivity index (χ3n) is 5.24. The fraction of sp³-hybridized carbons (Fsp3) is 0.455. The Morgan fingerprint density at radius 3 is 2.54 bits per heavy atom. The van der Waals surface area contributed by atoms with Gasteiger partial charge in [0.15, 0.2) is 11.5 Å². The molecule has 0 bridgehead atoms. The van der Waals surface area contributed by atoms with Crippen LogP contribution in [0.2, 0.25) is 0 Å². The van der Waals surface area contributed by atoms with Crippen LogP contribution in [0, 0.1) is 5.92 Å². The summed E-state index contributed by atoms with van der Waals surface area (Å²) >= 11 is 0. The highest BCUT2D eigenvalue weighted by molar-refractivity contribution is 5.92. The van der Waals surface area contributed by atoms with E-state index in [4.69, 9.17) is 9.47 Å². The zero-order chi connectivity index (χ0) is 19.9. The molecule has 6 heteroatoms. The number of aromatic nitrogens is 1. The molecule has 2 heterocycles. The van der Waals surface area contributed by atoms with Crippen molar-refractivity contribution in [2.75, 3.05) is 39.2 Å². The fourth-order valence-electron chi connectivity index (χ4n) is 3.39. The molecule has 1 aromatic heterocycles. The highest BCUT2D eigenvalue weighted by Gasteiger charge is 2.22. The van der Waals surface area contributed by atoms with Gasteiger partial charge in [0.1, 0.15) is 5.69 Å². The molecule has 2 aromatic rings. The predicted molar refractivity (Wildman–Crippen MR) is 110 cm³/mol. The number of hydrogen-bond acceptors (Lipinski definition) is 5. The molecule has 150 valence electrons. The van der Waals surface area contributed by atoms with Crippen LogP contribution in [-0.4, -0.2) is 49.6 Å². The summed E-state index contributed by atoms with van der Waals surface area (Å²) < 4.78 is 10.6. The van der Waals surface area contributed by atoms with Gasteiger partial charge in [-0.15, -0.1) is 0 Å². The van der Waals surface area contributed by atoms with Crippen LogP contribution in [-0.2, 0) is 6.42 Å². The molecule has 1 N–H and O–H groups in total. The number of carbonyl (C=O) groups excluding carboxylic acids is 1. The van der Waals surface area contributed by atoms with Gasteiger partial charge in [0.05, 0.1) is 26.1 Å². The third kappa shape index (κ3) is 4.94. The van der Waals surface area contributed by atoms with Gasteiger partial charge in [0.25, 0.3) is 5.91 Å². The molecule has 0 aliphatic carbocycles. The second-order valence-electron chi connectivity index (χ2n) is 7.27. The molecule has 1 aliphatic heterocycles. The van der Waals surface area contributed by atoms with Gasteiger partial charge in [-0.05, 0) is 55.0 Å². The van der Waals surface area contributed by atoms with E-state index in [1.165, 1.54) is 0 Å². The lowest BCUT2D eigenvalue weighted by Gasteiger charge is -2.30. The molecule has 1 saturated heterocycles. The van der Waals surface area contributed by atoms with Gasteiger partial charge in [-0.1, -0.05) is 13.0 Å². The van der Waals surface area contributed by atoms with Crippen molar-refractivity contribution in [2.24, 2.45) is 5.92 Å². The Hall–Kier alpha value is -2.76. The zero-order valence-electron chi connectivity index (χ0n) is 16.9. The number of benzene rings is 1. The van der Waals surface area contributed by atoms with Gasteiger partial charge in [-0.25, -0.2) is 4.98 Å². The molecule has 0 radical (unpaired) electrons. The first kappa shape index (κ1) is 20.0. The van der Waals surface area contributed by atoms with Crippen molar-refractivity contribution in [1.82, 2.24) is 9.88 Å². The van der Waals surface area contributed by atoms with Crippen molar-refractivity contribution in [3.63, 3.8) is 0 Å². The SMILES string of the molecule is COc1ccc(CCNc2ccc(C(=O)N3CCC(C)CC3)nc2)cc1OC. The molecule has 1 aromatic carbocycles. The van der Waals surface area contributed by atoms with Crippen LogP contribution in [0.5, 0.6) is 11.5 Å².